The van der Waals surface area contributed by atoms with Gasteiger partial charge in [-0.05, 0) is 36.1 Å². The van der Waals surface area contributed by atoms with E-state index in [9.17, 15) is 15.0 Å². The fraction of sp³-hybridized carbons (Fsp3) is 0.235. The maximum absolute atomic E-state index is 12.3. The molecule has 0 aromatic heterocycles. The van der Waals surface area contributed by atoms with Crippen LogP contribution in [-0.2, 0) is 6.42 Å². The summed E-state index contributed by atoms with van der Waals surface area (Å²) < 4.78 is 0. The average molecular weight is 270 g/mol. The van der Waals surface area contributed by atoms with Gasteiger partial charge in [-0.1, -0.05) is 43.3 Å². The number of aromatic hydroxyl groups is 1. The van der Waals surface area contributed by atoms with Gasteiger partial charge in [-0.2, -0.15) is 0 Å². The molecule has 0 aliphatic heterocycles. The van der Waals surface area contributed by atoms with Crippen LogP contribution in [0.15, 0.2) is 42.5 Å². The van der Waals surface area contributed by atoms with Crippen LogP contribution in [0.25, 0.3) is 0 Å². The Hall–Kier alpha value is -2.13. The third kappa shape index (κ3) is 2.58. The van der Waals surface area contributed by atoms with Gasteiger partial charge >= 0.3 is 0 Å². The molecule has 0 aliphatic carbocycles. The number of rotatable bonds is 4. The Morgan fingerprint density at radius 1 is 1.15 bits per heavy atom. The van der Waals surface area contributed by atoms with Gasteiger partial charge in [-0.3, -0.25) is 4.79 Å². The van der Waals surface area contributed by atoms with Crippen molar-refractivity contribution in [3.05, 3.63) is 64.7 Å². The molecule has 0 radical (unpaired) electrons. The fourth-order valence-corrected chi connectivity index (χ4v) is 2.26. The molecule has 0 aliphatic rings. The van der Waals surface area contributed by atoms with Crippen LogP contribution in [0.3, 0.4) is 0 Å². The second-order valence-electron chi connectivity index (χ2n) is 4.78. The predicted octanol–water partition coefficient (Wildman–Crippen LogP) is 3.18. The maximum atomic E-state index is 12.3. The number of aliphatic hydroxyl groups is 1. The summed E-state index contributed by atoms with van der Waals surface area (Å²) in [6.07, 6.45) is -0.469. The molecule has 0 bridgehead atoms. The van der Waals surface area contributed by atoms with Crippen LogP contribution in [0.1, 0.15) is 40.1 Å². The van der Waals surface area contributed by atoms with Crippen molar-refractivity contribution in [2.24, 2.45) is 0 Å². The molecule has 2 N–H and O–H groups in total. The topological polar surface area (TPSA) is 57.5 Å². The highest BCUT2D eigenvalue weighted by atomic mass is 16.3. The molecular formula is C17H18O3. The molecule has 1 unspecified atom stereocenters. The Morgan fingerprint density at radius 2 is 1.80 bits per heavy atom. The molecule has 0 fully saturated rings. The largest absolute Gasteiger partial charge is 0.507 e. The number of hydrogen-bond donors (Lipinski definition) is 2. The van der Waals surface area contributed by atoms with E-state index in [0.29, 0.717) is 11.1 Å². The molecule has 0 saturated carbocycles. The Bertz CT molecular complexity index is 618. The van der Waals surface area contributed by atoms with E-state index < -0.39 is 11.9 Å². The lowest BCUT2D eigenvalue weighted by atomic mass is 9.95. The molecule has 0 saturated heterocycles. The molecule has 2 aromatic carbocycles. The summed E-state index contributed by atoms with van der Waals surface area (Å²) in [6, 6.07) is 12.1. The van der Waals surface area contributed by atoms with Gasteiger partial charge in [0.1, 0.15) is 11.9 Å². The first-order valence-electron chi connectivity index (χ1n) is 6.65. The second kappa shape index (κ2) is 5.88. The van der Waals surface area contributed by atoms with E-state index in [1.165, 1.54) is 0 Å². The molecule has 0 spiro atoms. The van der Waals surface area contributed by atoms with Crippen molar-refractivity contribution in [3.8, 4) is 5.75 Å². The van der Waals surface area contributed by atoms with Crippen LogP contribution in [-0.4, -0.2) is 16.0 Å². The molecular weight excluding hydrogens is 252 g/mol. The van der Waals surface area contributed by atoms with Gasteiger partial charge in [0.05, 0.1) is 5.56 Å². The van der Waals surface area contributed by atoms with E-state index in [1.54, 1.807) is 37.3 Å². The number of aryl methyl sites for hydroxylation is 1. The van der Waals surface area contributed by atoms with Crippen LogP contribution in [0.2, 0.25) is 0 Å². The van der Waals surface area contributed by atoms with E-state index in [0.717, 1.165) is 12.0 Å². The Balaban J connectivity index is 2.37. The number of phenols is 1. The highest BCUT2D eigenvalue weighted by Gasteiger charge is 2.23. The standard InChI is InChI=1S/C17H18O3/c1-3-12-9-10-14(15(18)11(12)2)17(20)16(19)13-7-5-4-6-8-13/h4-10,16,18-19H,3H2,1-2H3. The van der Waals surface area contributed by atoms with Gasteiger partial charge in [0.15, 0.2) is 5.78 Å². The molecule has 0 heterocycles. The quantitative estimate of drug-likeness (QED) is 0.839. The normalized spacial score (nSPS) is 12.2. The van der Waals surface area contributed by atoms with Crippen LogP contribution in [0.4, 0.5) is 0 Å². The molecule has 2 rings (SSSR count). The van der Waals surface area contributed by atoms with E-state index in [-0.39, 0.29) is 11.3 Å². The van der Waals surface area contributed by atoms with Gasteiger partial charge in [0.25, 0.3) is 0 Å². The minimum atomic E-state index is -1.26. The number of phenolic OH excluding ortho intramolecular Hbond substituents is 1. The van der Waals surface area contributed by atoms with Gasteiger partial charge in [0.2, 0.25) is 0 Å². The van der Waals surface area contributed by atoms with Crippen molar-refractivity contribution in [2.45, 2.75) is 26.4 Å². The maximum Gasteiger partial charge on any atom is 0.199 e. The first kappa shape index (κ1) is 14.3. The number of carbonyl (C=O) groups excluding carboxylic acids is 1. The smallest absolute Gasteiger partial charge is 0.199 e. The number of aliphatic hydroxyl groups excluding tert-OH is 1. The van der Waals surface area contributed by atoms with Gasteiger partial charge < -0.3 is 10.2 Å². The lowest BCUT2D eigenvalue weighted by molar-refractivity contribution is 0.0744. The second-order valence-corrected chi connectivity index (χ2v) is 4.78. The summed E-state index contributed by atoms with van der Waals surface area (Å²) in [6.45, 7) is 3.77. The van der Waals surface area contributed by atoms with Crippen molar-refractivity contribution < 1.29 is 15.0 Å². The predicted molar refractivity (Wildman–Crippen MR) is 78.0 cm³/mol. The number of ketones is 1. The van der Waals surface area contributed by atoms with Crippen molar-refractivity contribution in [2.75, 3.05) is 0 Å². The monoisotopic (exact) mass is 270 g/mol. The first-order valence-corrected chi connectivity index (χ1v) is 6.65. The molecule has 0 amide bonds. The van der Waals surface area contributed by atoms with Crippen molar-refractivity contribution in [1.82, 2.24) is 0 Å². The summed E-state index contributed by atoms with van der Waals surface area (Å²) in [5.41, 5.74) is 2.37. The van der Waals surface area contributed by atoms with E-state index in [1.807, 2.05) is 19.1 Å². The molecule has 3 heteroatoms. The number of Topliss-reactive ketones (excluding diaryl/α,β-unsaturated/α-hetero) is 1. The lowest BCUT2D eigenvalue weighted by Gasteiger charge is -2.14. The van der Waals surface area contributed by atoms with Crippen LogP contribution in [0, 0.1) is 6.92 Å². The molecule has 1 atom stereocenters. The molecule has 104 valence electrons. The van der Waals surface area contributed by atoms with E-state index in [2.05, 4.69) is 0 Å². The first-order chi connectivity index (χ1) is 9.56. The molecule has 3 nitrogen and oxygen atoms in total. The number of carbonyl (C=O) groups is 1. The summed E-state index contributed by atoms with van der Waals surface area (Å²) in [5.74, 6) is -0.524. The van der Waals surface area contributed by atoms with Crippen LogP contribution >= 0.6 is 0 Å². The molecule has 20 heavy (non-hydrogen) atoms. The summed E-state index contributed by atoms with van der Waals surface area (Å²) in [4.78, 5) is 12.3. The zero-order valence-corrected chi connectivity index (χ0v) is 11.6. The van der Waals surface area contributed by atoms with Gasteiger partial charge in [-0.25, -0.2) is 0 Å². The van der Waals surface area contributed by atoms with E-state index >= 15 is 0 Å². The Labute approximate surface area is 118 Å². The van der Waals surface area contributed by atoms with Crippen molar-refractivity contribution in [3.63, 3.8) is 0 Å². The Morgan fingerprint density at radius 3 is 2.40 bits per heavy atom. The van der Waals surface area contributed by atoms with E-state index in [4.69, 9.17) is 0 Å². The highest BCUT2D eigenvalue weighted by Crippen LogP contribution is 2.29. The number of benzene rings is 2. The summed E-state index contributed by atoms with van der Waals surface area (Å²) >= 11 is 0. The lowest BCUT2D eigenvalue weighted by Crippen LogP contribution is -2.13. The minimum Gasteiger partial charge on any atom is -0.507 e. The van der Waals surface area contributed by atoms with Gasteiger partial charge in [0, 0.05) is 0 Å². The molecule has 2 aromatic rings. The fourth-order valence-electron chi connectivity index (χ4n) is 2.26. The zero-order chi connectivity index (χ0) is 14.7. The third-order valence-corrected chi connectivity index (χ3v) is 3.55. The SMILES string of the molecule is CCc1ccc(C(=O)C(O)c2ccccc2)c(O)c1C. The van der Waals surface area contributed by atoms with Gasteiger partial charge in [-0.15, -0.1) is 0 Å². The number of hydrogen-bond acceptors (Lipinski definition) is 3. The van der Waals surface area contributed by atoms with Crippen LogP contribution < -0.4 is 0 Å². The Kier molecular flexibility index (Phi) is 4.20. The highest BCUT2D eigenvalue weighted by molar-refractivity contribution is 6.02. The summed E-state index contributed by atoms with van der Waals surface area (Å²) in [7, 11) is 0. The zero-order valence-electron chi connectivity index (χ0n) is 11.6. The van der Waals surface area contributed by atoms with Crippen LogP contribution in [0.5, 0.6) is 5.75 Å². The third-order valence-electron chi connectivity index (χ3n) is 3.55. The minimum absolute atomic E-state index is 0.0377. The average Bonchev–Trinajstić information content (AvgIpc) is 2.49. The summed E-state index contributed by atoms with van der Waals surface area (Å²) in [5, 5.41) is 20.3. The van der Waals surface area contributed by atoms with Crippen molar-refractivity contribution in [1.29, 1.82) is 0 Å². The van der Waals surface area contributed by atoms with Crippen molar-refractivity contribution >= 4 is 5.78 Å².